The van der Waals surface area contributed by atoms with Gasteiger partial charge in [-0.1, -0.05) is 0 Å². The van der Waals surface area contributed by atoms with Crippen LogP contribution in [0.4, 0.5) is 23.7 Å². The van der Waals surface area contributed by atoms with E-state index in [0.717, 1.165) is 12.8 Å². The first kappa shape index (κ1) is 14.0. The standard InChI is InChI=1S/C13H14F3N3O2/c14-13(15,16)21-9-5-3-8(4-6-9)19-11(17)10-2-1-7-18(10)12(19)20/h3-6,10-11H,1-2,7,17H2. The number of hydrogen-bond donors (Lipinski definition) is 1. The molecule has 1 aromatic rings. The highest BCUT2D eigenvalue weighted by molar-refractivity contribution is 5.95. The molecule has 2 saturated heterocycles. The fraction of sp³-hybridized carbons (Fsp3) is 0.462. The van der Waals surface area contributed by atoms with Gasteiger partial charge in [0, 0.05) is 12.2 Å². The van der Waals surface area contributed by atoms with Crippen LogP contribution in [0.25, 0.3) is 0 Å². The molecule has 0 aromatic heterocycles. The molecule has 2 aliphatic rings. The SMILES string of the molecule is NC1C2CCCN2C(=O)N1c1ccc(OC(F)(F)F)cc1. The van der Waals surface area contributed by atoms with Crippen LogP contribution in [0.1, 0.15) is 12.8 Å². The first-order valence-electron chi connectivity index (χ1n) is 6.58. The van der Waals surface area contributed by atoms with Crippen LogP contribution in [0.5, 0.6) is 5.75 Å². The lowest BCUT2D eigenvalue weighted by molar-refractivity contribution is -0.274. The van der Waals surface area contributed by atoms with Crippen LogP contribution in [0.2, 0.25) is 0 Å². The van der Waals surface area contributed by atoms with E-state index in [0.29, 0.717) is 12.2 Å². The predicted octanol–water partition coefficient (Wildman–Crippen LogP) is 2.27. The van der Waals surface area contributed by atoms with Gasteiger partial charge in [0.25, 0.3) is 0 Å². The highest BCUT2D eigenvalue weighted by Crippen LogP contribution is 2.34. The summed E-state index contributed by atoms with van der Waals surface area (Å²) < 4.78 is 40.1. The largest absolute Gasteiger partial charge is 0.573 e. The van der Waals surface area contributed by atoms with Crippen LogP contribution in [0.15, 0.2) is 24.3 Å². The first-order valence-corrected chi connectivity index (χ1v) is 6.58. The molecule has 0 aliphatic carbocycles. The van der Waals surface area contributed by atoms with Crippen molar-refractivity contribution in [2.75, 3.05) is 11.4 Å². The Morgan fingerprint density at radius 2 is 1.90 bits per heavy atom. The third-order valence-corrected chi connectivity index (χ3v) is 3.79. The number of carbonyl (C=O) groups excluding carboxylic acids is 1. The van der Waals surface area contributed by atoms with E-state index in [4.69, 9.17) is 5.73 Å². The third kappa shape index (κ3) is 2.51. The van der Waals surface area contributed by atoms with Gasteiger partial charge in [-0.3, -0.25) is 4.90 Å². The molecule has 2 heterocycles. The molecular weight excluding hydrogens is 287 g/mol. The van der Waals surface area contributed by atoms with Crippen molar-refractivity contribution in [3.63, 3.8) is 0 Å². The van der Waals surface area contributed by atoms with Crippen molar-refractivity contribution in [2.45, 2.75) is 31.4 Å². The zero-order valence-electron chi connectivity index (χ0n) is 11.0. The maximum absolute atomic E-state index is 12.3. The summed E-state index contributed by atoms with van der Waals surface area (Å²) in [4.78, 5) is 15.4. The van der Waals surface area contributed by atoms with Gasteiger partial charge in [0.05, 0.1) is 6.04 Å². The normalized spacial score (nSPS) is 25.4. The maximum atomic E-state index is 12.3. The quantitative estimate of drug-likeness (QED) is 0.911. The molecule has 0 saturated carbocycles. The molecule has 0 bridgehead atoms. The van der Waals surface area contributed by atoms with E-state index >= 15 is 0 Å². The van der Waals surface area contributed by atoms with Gasteiger partial charge in [0.2, 0.25) is 0 Å². The topological polar surface area (TPSA) is 58.8 Å². The lowest BCUT2D eigenvalue weighted by atomic mass is 10.1. The van der Waals surface area contributed by atoms with Gasteiger partial charge in [0.1, 0.15) is 11.9 Å². The number of ether oxygens (including phenoxy) is 1. The molecule has 3 rings (SSSR count). The number of rotatable bonds is 2. The highest BCUT2D eigenvalue weighted by atomic mass is 19.4. The number of anilines is 1. The average molecular weight is 301 g/mol. The van der Waals surface area contributed by atoms with Gasteiger partial charge in [-0.25, -0.2) is 4.79 Å². The van der Waals surface area contributed by atoms with Crippen molar-refractivity contribution in [1.29, 1.82) is 0 Å². The summed E-state index contributed by atoms with van der Waals surface area (Å²) in [6.45, 7) is 0.670. The Kier molecular flexibility index (Phi) is 3.20. The zero-order chi connectivity index (χ0) is 15.2. The molecular formula is C13H14F3N3O2. The number of nitrogens with zero attached hydrogens (tertiary/aromatic N) is 2. The van der Waals surface area contributed by atoms with E-state index in [-0.39, 0.29) is 17.8 Å². The minimum atomic E-state index is -4.73. The molecule has 8 heteroatoms. The van der Waals surface area contributed by atoms with Gasteiger partial charge >= 0.3 is 12.4 Å². The van der Waals surface area contributed by atoms with Gasteiger partial charge in [-0.15, -0.1) is 13.2 Å². The molecule has 1 aromatic carbocycles. The highest BCUT2D eigenvalue weighted by Gasteiger charge is 2.46. The number of nitrogens with two attached hydrogens (primary N) is 1. The Balaban J connectivity index is 1.80. The summed E-state index contributed by atoms with van der Waals surface area (Å²) in [5, 5.41) is 0. The summed E-state index contributed by atoms with van der Waals surface area (Å²) in [6.07, 6.45) is -3.44. The van der Waals surface area contributed by atoms with Crippen LogP contribution >= 0.6 is 0 Å². The fourth-order valence-electron chi connectivity index (χ4n) is 2.91. The number of alkyl halides is 3. The van der Waals surface area contributed by atoms with E-state index in [1.54, 1.807) is 4.90 Å². The Bertz CT molecular complexity index is 547. The number of benzene rings is 1. The minimum absolute atomic E-state index is 0.0244. The van der Waals surface area contributed by atoms with Gasteiger partial charge in [-0.2, -0.15) is 0 Å². The van der Waals surface area contributed by atoms with Crippen LogP contribution in [0, 0.1) is 0 Å². The number of hydrogen-bond acceptors (Lipinski definition) is 3. The van der Waals surface area contributed by atoms with Crippen molar-refractivity contribution in [3.05, 3.63) is 24.3 Å². The average Bonchev–Trinajstić information content (AvgIpc) is 2.95. The summed E-state index contributed by atoms with van der Waals surface area (Å²) in [6, 6.07) is 4.93. The zero-order valence-corrected chi connectivity index (χ0v) is 11.0. The van der Waals surface area contributed by atoms with E-state index in [1.807, 2.05) is 0 Å². The van der Waals surface area contributed by atoms with Crippen molar-refractivity contribution in [1.82, 2.24) is 4.90 Å². The summed E-state index contributed by atoms with van der Waals surface area (Å²) in [7, 11) is 0. The maximum Gasteiger partial charge on any atom is 0.573 e. The summed E-state index contributed by atoms with van der Waals surface area (Å²) in [5.41, 5.74) is 6.55. The van der Waals surface area contributed by atoms with Gasteiger partial charge in [0.15, 0.2) is 0 Å². The molecule has 2 unspecified atom stereocenters. The second kappa shape index (κ2) is 4.80. The van der Waals surface area contributed by atoms with Crippen LogP contribution < -0.4 is 15.4 Å². The molecule has 2 N–H and O–H groups in total. The minimum Gasteiger partial charge on any atom is -0.406 e. The van der Waals surface area contributed by atoms with Gasteiger partial charge < -0.3 is 15.4 Å². The number of amides is 2. The Labute approximate surface area is 119 Å². The van der Waals surface area contributed by atoms with Crippen LogP contribution in [-0.4, -0.2) is 36.0 Å². The fourth-order valence-corrected chi connectivity index (χ4v) is 2.91. The monoisotopic (exact) mass is 301 g/mol. The molecule has 2 atom stereocenters. The van der Waals surface area contributed by atoms with E-state index < -0.39 is 12.5 Å². The molecule has 2 fully saturated rings. The van der Waals surface area contributed by atoms with Crippen LogP contribution in [-0.2, 0) is 0 Å². The van der Waals surface area contributed by atoms with Crippen molar-refractivity contribution in [3.8, 4) is 5.75 Å². The van der Waals surface area contributed by atoms with Crippen molar-refractivity contribution < 1.29 is 22.7 Å². The molecule has 114 valence electrons. The van der Waals surface area contributed by atoms with E-state index in [1.165, 1.54) is 29.2 Å². The molecule has 0 radical (unpaired) electrons. The summed E-state index contributed by atoms with van der Waals surface area (Å²) in [5.74, 6) is -0.327. The number of urea groups is 1. The predicted molar refractivity (Wildman–Crippen MR) is 68.7 cm³/mol. The summed E-state index contributed by atoms with van der Waals surface area (Å²) >= 11 is 0. The van der Waals surface area contributed by atoms with Crippen molar-refractivity contribution in [2.24, 2.45) is 5.73 Å². The molecule has 0 spiro atoms. The first-order chi connectivity index (χ1) is 9.87. The number of carbonyl (C=O) groups is 1. The van der Waals surface area contributed by atoms with Gasteiger partial charge in [-0.05, 0) is 37.1 Å². The lowest BCUT2D eigenvalue weighted by Crippen LogP contribution is -2.43. The second-order valence-corrected chi connectivity index (χ2v) is 5.09. The Morgan fingerprint density at radius 1 is 1.24 bits per heavy atom. The lowest BCUT2D eigenvalue weighted by Gasteiger charge is -2.22. The third-order valence-electron chi connectivity index (χ3n) is 3.79. The molecule has 21 heavy (non-hydrogen) atoms. The van der Waals surface area contributed by atoms with Crippen LogP contribution in [0.3, 0.4) is 0 Å². The molecule has 2 amide bonds. The smallest absolute Gasteiger partial charge is 0.406 e. The number of halogens is 3. The van der Waals surface area contributed by atoms with E-state index in [2.05, 4.69) is 4.74 Å². The Hall–Kier alpha value is -1.96. The Morgan fingerprint density at radius 3 is 2.48 bits per heavy atom. The number of fused-ring (bicyclic) bond motifs is 1. The van der Waals surface area contributed by atoms with E-state index in [9.17, 15) is 18.0 Å². The molecule has 2 aliphatic heterocycles. The van der Waals surface area contributed by atoms with Crippen molar-refractivity contribution >= 4 is 11.7 Å². The second-order valence-electron chi connectivity index (χ2n) is 5.09. The molecule has 5 nitrogen and oxygen atoms in total.